The SMILES string of the molecule is CN(C)[C@@H]1C(=O)C(C(N)=O)=C(O)C2(O)C(=O)C3=C(O)c4c(O)ccc(-c5ccc(C(C)(C)C)cc5)c4C[C@H]3C[C@@H]12. The van der Waals surface area contributed by atoms with E-state index in [-0.39, 0.29) is 35.1 Å². The number of phenolic OH excluding ortho intramolecular Hbond substituents is 1. The zero-order valence-electron chi connectivity index (χ0n) is 23.1. The van der Waals surface area contributed by atoms with Gasteiger partial charge >= 0.3 is 0 Å². The Balaban J connectivity index is 1.70. The van der Waals surface area contributed by atoms with E-state index in [1.54, 1.807) is 20.2 Å². The van der Waals surface area contributed by atoms with Gasteiger partial charge in [-0.2, -0.15) is 0 Å². The minimum absolute atomic E-state index is 0.0448. The number of ketones is 2. The van der Waals surface area contributed by atoms with E-state index in [9.17, 15) is 34.8 Å². The number of benzene rings is 2. The number of aliphatic hydroxyl groups excluding tert-OH is 2. The molecule has 9 heteroatoms. The Bertz CT molecular complexity index is 1530. The van der Waals surface area contributed by atoms with E-state index in [0.717, 1.165) is 16.7 Å². The maximum atomic E-state index is 14.0. The fraction of sp³-hybridized carbons (Fsp3) is 0.387. The first-order valence-electron chi connectivity index (χ1n) is 13.2. The van der Waals surface area contributed by atoms with E-state index in [1.807, 2.05) is 24.3 Å². The Morgan fingerprint density at radius 2 is 1.65 bits per heavy atom. The first kappa shape index (κ1) is 27.6. The first-order chi connectivity index (χ1) is 18.6. The predicted molar refractivity (Wildman–Crippen MR) is 148 cm³/mol. The number of likely N-dealkylation sites (N-methyl/N-ethyl adjacent to an activating group) is 1. The normalized spacial score (nSPS) is 26.5. The van der Waals surface area contributed by atoms with Crippen molar-refractivity contribution < 1.29 is 34.8 Å². The summed E-state index contributed by atoms with van der Waals surface area (Å²) < 4.78 is 0. The summed E-state index contributed by atoms with van der Waals surface area (Å²) >= 11 is 0. The van der Waals surface area contributed by atoms with Crippen molar-refractivity contribution in [1.82, 2.24) is 4.90 Å². The molecule has 1 unspecified atom stereocenters. The summed E-state index contributed by atoms with van der Waals surface area (Å²) in [6.07, 6.45) is 0.281. The Morgan fingerprint density at radius 3 is 2.20 bits per heavy atom. The maximum Gasteiger partial charge on any atom is 0.255 e. The number of nitrogens with zero attached hydrogens (tertiary/aromatic N) is 1. The van der Waals surface area contributed by atoms with Crippen LogP contribution in [0, 0.1) is 11.8 Å². The van der Waals surface area contributed by atoms with Crippen molar-refractivity contribution in [3.05, 3.63) is 70.0 Å². The Labute approximate surface area is 232 Å². The van der Waals surface area contributed by atoms with E-state index in [4.69, 9.17) is 5.73 Å². The lowest BCUT2D eigenvalue weighted by molar-refractivity contribution is -0.153. The van der Waals surface area contributed by atoms with Crippen LogP contribution in [0.3, 0.4) is 0 Å². The molecule has 2 aromatic rings. The van der Waals surface area contributed by atoms with Gasteiger partial charge in [0.05, 0.1) is 11.6 Å². The molecule has 0 saturated heterocycles. The highest BCUT2D eigenvalue weighted by atomic mass is 16.3. The van der Waals surface area contributed by atoms with Gasteiger partial charge in [-0.25, -0.2) is 0 Å². The van der Waals surface area contributed by atoms with Crippen LogP contribution >= 0.6 is 0 Å². The molecular formula is C31H34N2O7. The van der Waals surface area contributed by atoms with Crippen molar-refractivity contribution >= 4 is 23.2 Å². The molecule has 0 bridgehead atoms. The smallest absolute Gasteiger partial charge is 0.255 e. The number of fused-ring (bicyclic) bond motifs is 3. The molecule has 3 aliphatic rings. The lowest BCUT2D eigenvalue weighted by atomic mass is 9.57. The number of aliphatic hydroxyl groups is 3. The van der Waals surface area contributed by atoms with Gasteiger partial charge in [0, 0.05) is 11.5 Å². The third-order valence-electron chi connectivity index (χ3n) is 8.67. The molecule has 0 aliphatic heterocycles. The number of primary amides is 1. The monoisotopic (exact) mass is 546 g/mol. The molecule has 40 heavy (non-hydrogen) atoms. The van der Waals surface area contributed by atoms with Crippen LogP contribution in [0.2, 0.25) is 0 Å². The molecule has 0 heterocycles. The number of phenols is 1. The van der Waals surface area contributed by atoms with Gasteiger partial charge in [-0.15, -0.1) is 0 Å². The number of rotatable bonds is 3. The molecule has 210 valence electrons. The van der Waals surface area contributed by atoms with Crippen LogP contribution in [0.1, 0.15) is 43.9 Å². The summed E-state index contributed by atoms with van der Waals surface area (Å²) in [5.41, 5.74) is 5.18. The molecule has 0 radical (unpaired) electrons. The molecular weight excluding hydrogens is 512 g/mol. The van der Waals surface area contributed by atoms with Crippen molar-refractivity contribution in [2.45, 2.75) is 50.7 Å². The quantitative estimate of drug-likeness (QED) is 0.367. The highest BCUT2D eigenvalue weighted by Gasteiger charge is 2.64. The second kappa shape index (κ2) is 9.04. The topological polar surface area (TPSA) is 161 Å². The number of hydrogen-bond acceptors (Lipinski definition) is 8. The Hall–Kier alpha value is -3.95. The number of aromatic hydroxyl groups is 1. The lowest BCUT2D eigenvalue weighted by Gasteiger charge is -2.50. The van der Waals surface area contributed by atoms with E-state index < -0.39 is 58.0 Å². The number of carbonyl (C=O) groups is 3. The van der Waals surface area contributed by atoms with Crippen LogP contribution in [0.4, 0.5) is 0 Å². The van der Waals surface area contributed by atoms with E-state index in [2.05, 4.69) is 20.8 Å². The van der Waals surface area contributed by atoms with Gasteiger partial charge in [0.15, 0.2) is 11.4 Å². The molecule has 9 nitrogen and oxygen atoms in total. The molecule has 1 amide bonds. The minimum Gasteiger partial charge on any atom is -0.508 e. The molecule has 1 saturated carbocycles. The zero-order chi connectivity index (χ0) is 29.5. The van der Waals surface area contributed by atoms with Crippen LogP contribution in [-0.4, -0.2) is 68.5 Å². The molecule has 6 N–H and O–H groups in total. The number of nitrogens with two attached hydrogens (primary N) is 1. The number of carbonyl (C=O) groups excluding carboxylic acids is 3. The fourth-order valence-electron chi connectivity index (χ4n) is 6.66. The van der Waals surface area contributed by atoms with Crippen molar-refractivity contribution in [3.8, 4) is 16.9 Å². The summed E-state index contributed by atoms with van der Waals surface area (Å²) in [7, 11) is 3.15. The largest absolute Gasteiger partial charge is 0.508 e. The molecule has 5 rings (SSSR count). The predicted octanol–water partition coefficient (Wildman–Crippen LogP) is 2.93. The van der Waals surface area contributed by atoms with Crippen LogP contribution in [0.5, 0.6) is 5.75 Å². The van der Waals surface area contributed by atoms with Crippen molar-refractivity contribution in [3.63, 3.8) is 0 Å². The molecule has 4 atom stereocenters. The summed E-state index contributed by atoms with van der Waals surface area (Å²) in [6.45, 7) is 6.35. The zero-order valence-corrected chi connectivity index (χ0v) is 23.1. The number of amides is 1. The Morgan fingerprint density at radius 1 is 1.02 bits per heavy atom. The van der Waals surface area contributed by atoms with Gasteiger partial charge in [-0.3, -0.25) is 19.3 Å². The lowest BCUT2D eigenvalue weighted by Crippen LogP contribution is -2.65. The second-order valence-electron chi connectivity index (χ2n) is 12.3. The van der Waals surface area contributed by atoms with Gasteiger partial charge in [0.25, 0.3) is 5.91 Å². The van der Waals surface area contributed by atoms with Crippen LogP contribution in [0.15, 0.2) is 53.3 Å². The summed E-state index contributed by atoms with van der Waals surface area (Å²) in [5, 5.41) is 44.9. The van der Waals surface area contributed by atoms with Gasteiger partial charge in [0.1, 0.15) is 22.8 Å². The standard InChI is InChI=1S/C31H34N2O7/c1-30(2,3)16-8-6-14(7-9-16)17-10-11-20(34)22-18(17)12-15-13-19-24(33(4)5)26(36)23(29(32)39)28(38)31(19,40)27(37)21(15)25(22)35/h6-11,15,19,24,34-35,38,40H,12-13H2,1-5H3,(H2,32,39)/t15-,19-,24-,31?/m0/s1. The maximum absolute atomic E-state index is 14.0. The van der Waals surface area contributed by atoms with Crippen LogP contribution in [0.25, 0.3) is 16.9 Å². The van der Waals surface area contributed by atoms with E-state index in [1.165, 1.54) is 11.0 Å². The number of Topliss-reactive ketones (excluding diaryl/α,β-unsaturated/α-hetero) is 2. The van der Waals surface area contributed by atoms with Crippen molar-refractivity contribution in [2.75, 3.05) is 14.1 Å². The Kier molecular flexibility index (Phi) is 6.24. The van der Waals surface area contributed by atoms with Crippen molar-refractivity contribution in [2.24, 2.45) is 17.6 Å². The molecule has 2 aromatic carbocycles. The third-order valence-corrected chi connectivity index (χ3v) is 8.67. The van der Waals surface area contributed by atoms with Gasteiger partial charge in [0.2, 0.25) is 5.78 Å². The fourth-order valence-corrected chi connectivity index (χ4v) is 6.66. The summed E-state index contributed by atoms with van der Waals surface area (Å²) in [4.78, 5) is 40.8. The average Bonchev–Trinajstić information content (AvgIpc) is 2.85. The van der Waals surface area contributed by atoms with Crippen LogP contribution < -0.4 is 5.73 Å². The molecule has 1 fully saturated rings. The molecule has 0 aromatic heterocycles. The summed E-state index contributed by atoms with van der Waals surface area (Å²) in [5.74, 6) is -6.63. The minimum atomic E-state index is -2.65. The number of hydrogen-bond donors (Lipinski definition) is 5. The molecule has 0 spiro atoms. The summed E-state index contributed by atoms with van der Waals surface area (Å²) in [6, 6.07) is 10.1. The average molecular weight is 547 g/mol. The highest BCUT2D eigenvalue weighted by molar-refractivity contribution is 6.24. The van der Waals surface area contributed by atoms with Gasteiger partial charge in [-0.1, -0.05) is 51.1 Å². The highest BCUT2D eigenvalue weighted by Crippen LogP contribution is 2.53. The second-order valence-corrected chi connectivity index (χ2v) is 12.3. The first-order valence-corrected chi connectivity index (χ1v) is 13.2. The molecule has 3 aliphatic carbocycles. The third kappa shape index (κ3) is 3.79. The van der Waals surface area contributed by atoms with Gasteiger partial charge in [-0.05, 0) is 66.6 Å². The van der Waals surface area contributed by atoms with E-state index in [0.29, 0.717) is 5.56 Å². The van der Waals surface area contributed by atoms with Crippen LogP contribution in [-0.2, 0) is 26.2 Å². The van der Waals surface area contributed by atoms with Crippen molar-refractivity contribution in [1.29, 1.82) is 0 Å². The van der Waals surface area contributed by atoms with Gasteiger partial charge < -0.3 is 26.2 Å². The van der Waals surface area contributed by atoms with E-state index >= 15 is 0 Å².